The molecule has 2 N–H and O–H groups in total. The number of nitrogens with zero attached hydrogens (tertiary/aromatic N) is 2. The standard InChI is InChI=1S/C22H26N4O4S/c1-28-12-9-24-18-13-15(5-8-23-18)21(27)26-22-25-19-17(29-2)4-3-16(20(19)31-22)14-6-10-30-11-7-14/h3-5,8,13-14H,6-7,9-12H2,1-2H3,(H,23,24)(H,25,26,27). The first-order valence-corrected chi connectivity index (χ1v) is 11.1. The number of anilines is 2. The summed E-state index contributed by atoms with van der Waals surface area (Å²) in [6.07, 6.45) is 3.57. The molecule has 9 heteroatoms. The Bertz CT molecular complexity index is 1050. The molecule has 2 aromatic heterocycles. The van der Waals surface area contributed by atoms with Gasteiger partial charge in [0.15, 0.2) is 5.13 Å². The lowest BCUT2D eigenvalue weighted by Crippen LogP contribution is -2.14. The van der Waals surface area contributed by atoms with Crippen LogP contribution in [0.2, 0.25) is 0 Å². The van der Waals surface area contributed by atoms with Crippen LogP contribution in [0.3, 0.4) is 0 Å². The van der Waals surface area contributed by atoms with Crippen molar-refractivity contribution in [3.05, 3.63) is 41.6 Å². The van der Waals surface area contributed by atoms with Crippen LogP contribution in [0.1, 0.15) is 34.7 Å². The predicted octanol–water partition coefficient (Wildman–Crippen LogP) is 3.90. The van der Waals surface area contributed by atoms with E-state index in [0.29, 0.717) is 41.3 Å². The maximum atomic E-state index is 12.8. The van der Waals surface area contributed by atoms with E-state index in [1.54, 1.807) is 32.5 Å². The molecule has 1 aliphatic rings. The summed E-state index contributed by atoms with van der Waals surface area (Å²) in [6.45, 7) is 2.70. The van der Waals surface area contributed by atoms with Crippen LogP contribution >= 0.6 is 11.3 Å². The summed E-state index contributed by atoms with van der Waals surface area (Å²) >= 11 is 1.48. The Balaban J connectivity index is 1.57. The molecular formula is C22H26N4O4S. The normalized spacial score (nSPS) is 14.5. The number of amides is 1. The highest BCUT2D eigenvalue weighted by atomic mass is 32.1. The van der Waals surface area contributed by atoms with Crippen molar-refractivity contribution < 1.29 is 19.0 Å². The third kappa shape index (κ3) is 4.95. The topological polar surface area (TPSA) is 94.6 Å². The van der Waals surface area contributed by atoms with Crippen molar-refractivity contribution in [2.45, 2.75) is 18.8 Å². The van der Waals surface area contributed by atoms with Crippen molar-refractivity contribution in [3.63, 3.8) is 0 Å². The number of carbonyl (C=O) groups is 1. The van der Waals surface area contributed by atoms with E-state index >= 15 is 0 Å². The molecule has 1 saturated heterocycles. The summed E-state index contributed by atoms with van der Waals surface area (Å²) in [5.74, 6) is 1.52. The second-order valence-electron chi connectivity index (χ2n) is 7.24. The van der Waals surface area contributed by atoms with E-state index in [2.05, 4.69) is 26.7 Å². The summed E-state index contributed by atoms with van der Waals surface area (Å²) < 4.78 is 17.1. The van der Waals surface area contributed by atoms with E-state index in [-0.39, 0.29) is 5.91 Å². The minimum Gasteiger partial charge on any atom is -0.494 e. The number of rotatable bonds is 8. The van der Waals surface area contributed by atoms with Gasteiger partial charge in [0, 0.05) is 38.6 Å². The van der Waals surface area contributed by atoms with Crippen LogP contribution in [0, 0.1) is 0 Å². The molecule has 0 radical (unpaired) electrons. The number of methoxy groups -OCH3 is 2. The van der Waals surface area contributed by atoms with Gasteiger partial charge in [-0.1, -0.05) is 17.4 Å². The Morgan fingerprint density at radius 2 is 2.10 bits per heavy atom. The first-order chi connectivity index (χ1) is 15.2. The minimum absolute atomic E-state index is 0.233. The molecule has 31 heavy (non-hydrogen) atoms. The quantitative estimate of drug-likeness (QED) is 0.511. The van der Waals surface area contributed by atoms with Crippen LogP contribution in [0.4, 0.5) is 10.9 Å². The SMILES string of the molecule is COCCNc1cc(C(=O)Nc2nc3c(OC)ccc(C4CCOCC4)c3s2)ccn1. The second-order valence-corrected chi connectivity index (χ2v) is 8.24. The second kappa shape index (κ2) is 10.0. The van der Waals surface area contributed by atoms with E-state index in [1.165, 1.54) is 16.9 Å². The van der Waals surface area contributed by atoms with Crippen molar-refractivity contribution in [3.8, 4) is 5.75 Å². The van der Waals surface area contributed by atoms with Gasteiger partial charge in [0.1, 0.15) is 17.1 Å². The highest BCUT2D eigenvalue weighted by Gasteiger charge is 2.22. The Morgan fingerprint density at radius 3 is 2.87 bits per heavy atom. The van der Waals surface area contributed by atoms with Crippen LogP contribution in [0.25, 0.3) is 10.2 Å². The molecule has 1 fully saturated rings. The van der Waals surface area contributed by atoms with Crippen LogP contribution in [-0.4, -0.2) is 56.5 Å². The first-order valence-electron chi connectivity index (χ1n) is 10.2. The van der Waals surface area contributed by atoms with Gasteiger partial charge in [0.05, 0.1) is 18.4 Å². The third-order valence-electron chi connectivity index (χ3n) is 5.27. The van der Waals surface area contributed by atoms with Gasteiger partial charge in [0.25, 0.3) is 5.91 Å². The number of ether oxygens (including phenoxy) is 3. The summed E-state index contributed by atoms with van der Waals surface area (Å²) in [6, 6.07) is 7.46. The van der Waals surface area contributed by atoms with Gasteiger partial charge >= 0.3 is 0 Å². The zero-order valence-corrected chi connectivity index (χ0v) is 18.5. The molecule has 0 atom stereocenters. The molecule has 1 aliphatic heterocycles. The summed E-state index contributed by atoms with van der Waals surface area (Å²) in [4.78, 5) is 21.7. The van der Waals surface area contributed by atoms with E-state index in [9.17, 15) is 4.79 Å². The highest BCUT2D eigenvalue weighted by molar-refractivity contribution is 7.22. The van der Waals surface area contributed by atoms with Crippen LogP contribution in [-0.2, 0) is 9.47 Å². The monoisotopic (exact) mass is 442 g/mol. The smallest absolute Gasteiger partial charge is 0.257 e. The Morgan fingerprint density at radius 1 is 1.26 bits per heavy atom. The number of fused-ring (bicyclic) bond motifs is 1. The van der Waals surface area contributed by atoms with E-state index in [4.69, 9.17) is 14.2 Å². The number of pyridine rings is 1. The van der Waals surface area contributed by atoms with Crippen molar-refractivity contribution >= 4 is 38.4 Å². The van der Waals surface area contributed by atoms with Crippen LogP contribution in [0.5, 0.6) is 5.75 Å². The number of carbonyl (C=O) groups excluding carboxylic acids is 1. The summed E-state index contributed by atoms with van der Waals surface area (Å²) in [5.41, 5.74) is 2.53. The number of benzene rings is 1. The van der Waals surface area contributed by atoms with Gasteiger partial charge in [-0.3, -0.25) is 10.1 Å². The first kappa shape index (κ1) is 21.5. The fraction of sp³-hybridized carbons (Fsp3) is 0.409. The summed E-state index contributed by atoms with van der Waals surface area (Å²) in [5, 5.41) is 6.61. The molecule has 3 heterocycles. The zero-order chi connectivity index (χ0) is 21.6. The molecular weight excluding hydrogens is 416 g/mol. The van der Waals surface area contributed by atoms with Gasteiger partial charge in [-0.15, -0.1) is 0 Å². The number of thiazole rings is 1. The van der Waals surface area contributed by atoms with Crippen molar-refractivity contribution in [1.29, 1.82) is 0 Å². The van der Waals surface area contributed by atoms with Crippen LogP contribution < -0.4 is 15.4 Å². The van der Waals surface area contributed by atoms with Crippen LogP contribution in [0.15, 0.2) is 30.5 Å². The highest BCUT2D eigenvalue weighted by Crippen LogP contribution is 2.40. The van der Waals surface area contributed by atoms with Crippen molar-refractivity contribution in [2.75, 3.05) is 51.2 Å². The number of hydrogen-bond acceptors (Lipinski definition) is 8. The third-order valence-corrected chi connectivity index (χ3v) is 6.29. The number of nitrogens with one attached hydrogen (secondary N) is 2. The average Bonchev–Trinajstić information content (AvgIpc) is 3.23. The molecule has 0 saturated carbocycles. The Kier molecular flexibility index (Phi) is 6.96. The predicted molar refractivity (Wildman–Crippen MR) is 122 cm³/mol. The average molecular weight is 443 g/mol. The lowest BCUT2D eigenvalue weighted by Gasteiger charge is -2.23. The van der Waals surface area contributed by atoms with Gasteiger partial charge in [-0.05, 0) is 42.5 Å². The molecule has 3 aromatic rings. The van der Waals surface area contributed by atoms with Gasteiger partial charge in [-0.2, -0.15) is 0 Å². The van der Waals surface area contributed by atoms with Gasteiger partial charge in [0.2, 0.25) is 0 Å². The molecule has 1 amide bonds. The maximum Gasteiger partial charge on any atom is 0.257 e. The van der Waals surface area contributed by atoms with E-state index in [1.807, 2.05) is 6.07 Å². The number of hydrogen-bond donors (Lipinski definition) is 2. The lowest BCUT2D eigenvalue weighted by atomic mass is 9.91. The molecule has 0 unspecified atom stereocenters. The molecule has 4 rings (SSSR count). The lowest BCUT2D eigenvalue weighted by molar-refractivity contribution is 0.0856. The van der Waals surface area contributed by atoms with Gasteiger partial charge in [-0.25, -0.2) is 9.97 Å². The largest absolute Gasteiger partial charge is 0.494 e. The maximum absolute atomic E-state index is 12.8. The van der Waals surface area contributed by atoms with E-state index < -0.39 is 0 Å². The molecule has 164 valence electrons. The fourth-order valence-corrected chi connectivity index (χ4v) is 4.74. The number of aromatic nitrogens is 2. The molecule has 0 aliphatic carbocycles. The Hall–Kier alpha value is -2.75. The molecule has 0 bridgehead atoms. The molecule has 0 spiro atoms. The van der Waals surface area contributed by atoms with Gasteiger partial charge < -0.3 is 19.5 Å². The minimum atomic E-state index is -0.233. The van der Waals surface area contributed by atoms with Crippen molar-refractivity contribution in [2.24, 2.45) is 0 Å². The molecule has 8 nitrogen and oxygen atoms in total. The zero-order valence-electron chi connectivity index (χ0n) is 17.6. The summed E-state index contributed by atoms with van der Waals surface area (Å²) in [7, 11) is 3.27. The fourth-order valence-electron chi connectivity index (χ4n) is 3.67. The van der Waals surface area contributed by atoms with E-state index in [0.717, 1.165) is 36.3 Å². The van der Waals surface area contributed by atoms with Crippen molar-refractivity contribution in [1.82, 2.24) is 9.97 Å². The Labute approximate surface area is 184 Å². The molecule has 1 aromatic carbocycles.